The van der Waals surface area contributed by atoms with E-state index in [0.717, 1.165) is 36.1 Å². The zero-order chi connectivity index (χ0) is 12.1. The highest BCUT2D eigenvalue weighted by atomic mass is 79.9. The Kier molecular flexibility index (Phi) is 4.83. The van der Waals surface area contributed by atoms with E-state index in [0.29, 0.717) is 13.2 Å². The summed E-state index contributed by atoms with van der Waals surface area (Å²) in [6.07, 6.45) is 3.22. The van der Waals surface area contributed by atoms with Gasteiger partial charge in [0, 0.05) is 6.61 Å². The molecule has 0 spiro atoms. The first-order chi connectivity index (χ1) is 8.29. The number of ether oxygens (including phenoxy) is 2. The normalized spacial score (nSPS) is 20.2. The van der Waals surface area contributed by atoms with Gasteiger partial charge in [-0.3, -0.25) is 0 Å². The van der Waals surface area contributed by atoms with Crippen LogP contribution in [0.2, 0.25) is 0 Å². The summed E-state index contributed by atoms with van der Waals surface area (Å²) in [6, 6.07) is 6.15. The SMILES string of the molecule is NCCc1ccc(OC2CCCOC2)c(Br)c1. The van der Waals surface area contributed by atoms with Crippen molar-refractivity contribution >= 4 is 15.9 Å². The van der Waals surface area contributed by atoms with E-state index in [-0.39, 0.29) is 6.10 Å². The maximum Gasteiger partial charge on any atom is 0.134 e. The molecule has 3 nitrogen and oxygen atoms in total. The van der Waals surface area contributed by atoms with Crippen LogP contribution in [0.4, 0.5) is 0 Å². The highest BCUT2D eigenvalue weighted by Gasteiger charge is 2.16. The first kappa shape index (κ1) is 12.9. The van der Waals surface area contributed by atoms with Crippen LogP contribution < -0.4 is 10.5 Å². The van der Waals surface area contributed by atoms with Gasteiger partial charge < -0.3 is 15.2 Å². The summed E-state index contributed by atoms with van der Waals surface area (Å²) in [5.41, 5.74) is 6.76. The van der Waals surface area contributed by atoms with E-state index in [4.69, 9.17) is 15.2 Å². The lowest BCUT2D eigenvalue weighted by molar-refractivity contribution is 0.00711. The largest absolute Gasteiger partial charge is 0.487 e. The maximum atomic E-state index is 5.92. The molecule has 1 fully saturated rings. The molecule has 1 aromatic carbocycles. The van der Waals surface area contributed by atoms with E-state index in [1.54, 1.807) is 0 Å². The van der Waals surface area contributed by atoms with Crippen molar-refractivity contribution in [3.63, 3.8) is 0 Å². The topological polar surface area (TPSA) is 44.5 Å². The number of hydrogen-bond acceptors (Lipinski definition) is 3. The van der Waals surface area contributed by atoms with Crippen molar-refractivity contribution in [2.24, 2.45) is 5.73 Å². The quantitative estimate of drug-likeness (QED) is 0.929. The lowest BCUT2D eigenvalue weighted by Crippen LogP contribution is -2.28. The molecule has 2 rings (SSSR count). The third kappa shape index (κ3) is 3.69. The Morgan fingerprint density at radius 1 is 1.47 bits per heavy atom. The fourth-order valence-corrected chi connectivity index (χ4v) is 2.47. The summed E-state index contributed by atoms with van der Waals surface area (Å²) in [5.74, 6) is 0.890. The van der Waals surface area contributed by atoms with E-state index in [9.17, 15) is 0 Å². The van der Waals surface area contributed by atoms with Gasteiger partial charge in [0.15, 0.2) is 0 Å². The molecule has 1 heterocycles. The van der Waals surface area contributed by atoms with Gasteiger partial charge in [-0.2, -0.15) is 0 Å². The molecular formula is C13H18BrNO2. The van der Waals surface area contributed by atoms with Gasteiger partial charge in [0.25, 0.3) is 0 Å². The lowest BCUT2D eigenvalue weighted by Gasteiger charge is -2.24. The van der Waals surface area contributed by atoms with E-state index in [1.807, 2.05) is 6.07 Å². The number of hydrogen-bond donors (Lipinski definition) is 1. The van der Waals surface area contributed by atoms with Crippen LogP contribution >= 0.6 is 15.9 Å². The predicted octanol–water partition coefficient (Wildman–Crippen LogP) is 2.51. The molecule has 1 aliphatic rings. The van der Waals surface area contributed by atoms with E-state index in [2.05, 4.69) is 28.1 Å². The smallest absolute Gasteiger partial charge is 0.134 e. The average Bonchev–Trinajstić information content (AvgIpc) is 2.34. The van der Waals surface area contributed by atoms with E-state index < -0.39 is 0 Å². The average molecular weight is 300 g/mol. The number of benzene rings is 1. The molecule has 1 unspecified atom stereocenters. The van der Waals surface area contributed by atoms with Crippen molar-refractivity contribution in [3.05, 3.63) is 28.2 Å². The van der Waals surface area contributed by atoms with Crippen molar-refractivity contribution in [1.29, 1.82) is 0 Å². The standard InChI is InChI=1S/C13H18BrNO2/c14-12-8-10(5-6-15)3-4-13(12)17-11-2-1-7-16-9-11/h3-4,8,11H,1-2,5-7,9,15H2. The van der Waals surface area contributed by atoms with Gasteiger partial charge >= 0.3 is 0 Å². The molecule has 0 bridgehead atoms. The van der Waals surface area contributed by atoms with Crippen molar-refractivity contribution in [2.45, 2.75) is 25.4 Å². The fourth-order valence-electron chi connectivity index (χ4n) is 1.95. The van der Waals surface area contributed by atoms with Crippen molar-refractivity contribution < 1.29 is 9.47 Å². The minimum absolute atomic E-state index is 0.181. The Morgan fingerprint density at radius 3 is 3.00 bits per heavy atom. The molecule has 1 aromatic rings. The second-order valence-electron chi connectivity index (χ2n) is 4.26. The molecule has 0 saturated carbocycles. The third-order valence-electron chi connectivity index (χ3n) is 2.84. The van der Waals surface area contributed by atoms with Gasteiger partial charge in [-0.15, -0.1) is 0 Å². The van der Waals surface area contributed by atoms with Gasteiger partial charge in [-0.25, -0.2) is 0 Å². The molecule has 94 valence electrons. The molecule has 0 aliphatic carbocycles. The van der Waals surface area contributed by atoms with Crippen LogP contribution in [0.3, 0.4) is 0 Å². The van der Waals surface area contributed by atoms with Gasteiger partial charge in [0.05, 0.1) is 11.1 Å². The summed E-state index contributed by atoms with van der Waals surface area (Å²) >= 11 is 3.54. The second kappa shape index (κ2) is 6.38. The maximum absolute atomic E-state index is 5.92. The number of rotatable bonds is 4. The molecule has 0 radical (unpaired) electrons. The van der Waals surface area contributed by atoms with Crippen molar-refractivity contribution in [2.75, 3.05) is 19.8 Å². The summed E-state index contributed by atoms with van der Waals surface area (Å²) in [7, 11) is 0. The fraction of sp³-hybridized carbons (Fsp3) is 0.538. The second-order valence-corrected chi connectivity index (χ2v) is 5.11. The van der Waals surface area contributed by atoms with Crippen LogP contribution in [0.25, 0.3) is 0 Å². The molecular weight excluding hydrogens is 282 g/mol. The van der Waals surface area contributed by atoms with Crippen LogP contribution in [0.5, 0.6) is 5.75 Å². The monoisotopic (exact) mass is 299 g/mol. The van der Waals surface area contributed by atoms with Crippen molar-refractivity contribution in [3.8, 4) is 5.75 Å². The van der Waals surface area contributed by atoms with Crippen LogP contribution in [0.15, 0.2) is 22.7 Å². The predicted molar refractivity (Wildman–Crippen MR) is 71.4 cm³/mol. The molecule has 4 heteroatoms. The number of nitrogens with two attached hydrogens (primary N) is 1. The van der Waals surface area contributed by atoms with Crippen LogP contribution in [-0.2, 0) is 11.2 Å². The Bertz CT molecular complexity index is 364. The van der Waals surface area contributed by atoms with Gasteiger partial charge in [-0.1, -0.05) is 6.07 Å². The van der Waals surface area contributed by atoms with E-state index in [1.165, 1.54) is 5.56 Å². The summed E-state index contributed by atoms with van der Waals surface area (Å²) in [4.78, 5) is 0. The first-order valence-corrected chi connectivity index (χ1v) is 6.82. The minimum Gasteiger partial charge on any atom is -0.487 e. The Labute approximate surface area is 110 Å². The molecule has 0 aromatic heterocycles. The summed E-state index contributed by atoms with van der Waals surface area (Å²) in [5, 5.41) is 0. The van der Waals surface area contributed by atoms with Crippen LogP contribution in [-0.4, -0.2) is 25.9 Å². The van der Waals surface area contributed by atoms with Crippen LogP contribution in [0, 0.1) is 0 Å². The van der Waals surface area contributed by atoms with Crippen LogP contribution in [0.1, 0.15) is 18.4 Å². The highest BCUT2D eigenvalue weighted by molar-refractivity contribution is 9.10. The van der Waals surface area contributed by atoms with Gasteiger partial charge in [0.1, 0.15) is 11.9 Å². The van der Waals surface area contributed by atoms with Crippen molar-refractivity contribution in [1.82, 2.24) is 0 Å². The molecule has 17 heavy (non-hydrogen) atoms. The lowest BCUT2D eigenvalue weighted by atomic mass is 10.1. The zero-order valence-corrected chi connectivity index (χ0v) is 11.4. The minimum atomic E-state index is 0.181. The van der Waals surface area contributed by atoms with Gasteiger partial charge in [-0.05, 0) is 59.4 Å². The number of halogens is 1. The Hall–Kier alpha value is -0.580. The van der Waals surface area contributed by atoms with E-state index >= 15 is 0 Å². The molecule has 2 N–H and O–H groups in total. The first-order valence-electron chi connectivity index (χ1n) is 6.02. The molecule has 1 atom stereocenters. The summed E-state index contributed by atoms with van der Waals surface area (Å²) in [6.45, 7) is 2.22. The Balaban J connectivity index is 2.00. The zero-order valence-electron chi connectivity index (χ0n) is 9.82. The van der Waals surface area contributed by atoms with Gasteiger partial charge in [0.2, 0.25) is 0 Å². The Morgan fingerprint density at radius 2 is 2.35 bits per heavy atom. The summed E-state index contributed by atoms with van der Waals surface area (Å²) < 4.78 is 12.3. The molecule has 0 amide bonds. The highest BCUT2D eigenvalue weighted by Crippen LogP contribution is 2.28. The molecule has 1 saturated heterocycles. The molecule has 1 aliphatic heterocycles. The third-order valence-corrected chi connectivity index (χ3v) is 3.46.